The van der Waals surface area contributed by atoms with Gasteiger partial charge in [-0.3, -0.25) is 0 Å². The first kappa shape index (κ1) is 14.0. The molecule has 0 spiro atoms. The van der Waals surface area contributed by atoms with Crippen molar-refractivity contribution >= 4 is 5.69 Å². The molecule has 0 radical (unpaired) electrons. The Labute approximate surface area is 116 Å². The molecule has 0 aliphatic carbocycles. The Kier molecular flexibility index (Phi) is 4.34. The Morgan fingerprint density at radius 1 is 1.10 bits per heavy atom. The predicted molar refractivity (Wildman–Crippen MR) is 73.4 cm³/mol. The highest BCUT2D eigenvalue weighted by Gasteiger charge is 2.08. The number of ether oxygens (including phenoxy) is 2. The van der Waals surface area contributed by atoms with Crippen LogP contribution in [0.5, 0.6) is 11.8 Å². The van der Waals surface area contributed by atoms with Gasteiger partial charge in [-0.05, 0) is 18.1 Å². The minimum absolute atomic E-state index is 0.169. The SMILES string of the molecule is COc1cc(OC)nc(CCc2cccc(F)c2N)n1. The molecule has 2 N–H and O–H groups in total. The Morgan fingerprint density at radius 3 is 2.35 bits per heavy atom. The number of aromatic nitrogens is 2. The van der Waals surface area contributed by atoms with Crippen LogP contribution in [0.15, 0.2) is 24.3 Å². The highest BCUT2D eigenvalue weighted by Crippen LogP contribution is 2.19. The summed E-state index contributed by atoms with van der Waals surface area (Å²) in [6.07, 6.45) is 1.06. The minimum atomic E-state index is -0.411. The van der Waals surface area contributed by atoms with Gasteiger partial charge in [0.25, 0.3) is 0 Å². The van der Waals surface area contributed by atoms with E-state index in [-0.39, 0.29) is 5.69 Å². The minimum Gasteiger partial charge on any atom is -0.481 e. The van der Waals surface area contributed by atoms with E-state index >= 15 is 0 Å². The number of anilines is 1. The lowest BCUT2D eigenvalue weighted by Gasteiger charge is -2.08. The smallest absolute Gasteiger partial charge is 0.220 e. The quantitative estimate of drug-likeness (QED) is 0.846. The predicted octanol–water partition coefficient (Wildman–Crippen LogP) is 2.00. The third-order valence-corrected chi connectivity index (χ3v) is 2.90. The van der Waals surface area contributed by atoms with Gasteiger partial charge in [0.15, 0.2) is 0 Å². The standard InChI is InChI=1S/C14H16FN3O2/c1-19-12-8-13(20-2)18-11(17-12)7-6-9-4-3-5-10(15)14(9)16/h3-5,8H,6-7,16H2,1-2H3. The molecule has 0 saturated carbocycles. The van der Waals surface area contributed by atoms with E-state index in [0.717, 1.165) is 5.56 Å². The van der Waals surface area contributed by atoms with Crippen LogP contribution < -0.4 is 15.2 Å². The summed E-state index contributed by atoms with van der Waals surface area (Å²) in [4.78, 5) is 8.44. The summed E-state index contributed by atoms with van der Waals surface area (Å²) in [6.45, 7) is 0. The number of methoxy groups -OCH3 is 2. The van der Waals surface area contributed by atoms with Crippen molar-refractivity contribution in [3.05, 3.63) is 41.5 Å². The van der Waals surface area contributed by atoms with Crippen molar-refractivity contribution in [1.29, 1.82) is 0 Å². The number of nitrogen functional groups attached to an aromatic ring is 1. The van der Waals surface area contributed by atoms with E-state index < -0.39 is 5.82 Å². The zero-order chi connectivity index (χ0) is 14.5. The molecule has 6 heteroatoms. The second-order valence-corrected chi connectivity index (χ2v) is 4.18. The van der Waals surface area contributed by atoms with Gasteiger partial charge in [0.1, 0.15) is 11.6 Å². The summed E-state index contributed by atoms with van der Waals surface area (Å²) >= 11 is 0. The van der Waals surface area contributed by atoms with Crippen LogP contribution >= 0.6 is 0 Å². The second kappa shape index (κ2) is 6.18. The van der Waals surface area contributed by atoms with Crippen molar-refractivity contribution in [2.45, 2.75) is 12.8 Å². The first-order valence-corrected chi connectivity index (χ1v) is 6.13. The molecule has 0 unspecified atom stereocenters. The molecule has 0 aliphatic heterocycles. The van der Waals surface area contributed by atoms with Gasteiger partial charge in [-0.1, -0.05) is 12.1 Å². The Bertz CT molecular complexity index is 583. The summed E-state index contributed by atoms with van der Waals surface area (Å²) in [5, 5.41) is 0. The van der Waals surface area contributed by atoms with Crippen molar-refractivity contribution in [2.75, 3.05) is 20.0 Å². The van der Waals surface area contributed by atoms with E-state index in [1.807, 2.05) is 0 Å². The summed E-state index contributed by atoms with van der Waals surface area (Å²) in [5.41, 5.74) is 6.59. The maximum atomic E-state index is 13.3. The van der Waals surface area contributed by atoms with E-state index in [9.17, 15) is 4.39 Å². The Balaban J connectivity index is 2.16. The third-order valence-electron chi connectivity index (χ3n) is 2.90. The molecule has 20 heavy (non-hydrogen) atoms. The topological polar surface area (TPSA) is 70.3 Å². The molecule has 1 aromatic carbocycles. The van der Waals surface area contributed by atoms with Gasteiger partial charge >= 0.3 is 0 Å². The molecule has 0 amide bonds. The summed E-state index contributed by atoms with van der Waals surface area (Å²) in [5.74, 6) is 1.01. The van der Waals surface area contributed by atoms with Crippen LogP contribution in [0.3, 0.4) is 0 Å². The first-order chi connectivity index (χ1) is 9.63. The number of nitrogens with two attached hydrogens (primary N) is 1. The van der Waals surface area contributed by atoms with Gasteiger partial charge in [0.2, 0.25) is 11.8 Å². The van der Waals surface area contributed by atoms with E-state index in [2.05, 4.69) is 9.97 Å². The largest absolute Gasteiger partial charge is 0.481 e. The van der Waals surface area contributed by atoms with E-state index in [4.69, 9.17) is 15.2 Å². The van der Waals surface area contributed by atoms with E-state index in [1.54, 1.807) is 18.2 Å². The van der Waals surface area contributed by atoms with Crippen LogP contribution in [0.4, 0.5) is 10.1 Å². The van der Waals surface area contributed by atoms with Crippen molar-refractivity contribution in [1.82, 2.24) is 9.97 Å². The number of aryl methyl sites for hydroxylation is 2. The van der Waals surface area contributed by atoms with Crippen LogP contribution in [0.2, 0.25) is 0 Å². The molecule has 0 fully saturated rings. The number of rotatable bonds is 5. The number of halogens is 1. The van der Waals surface area contributed by atoms with Gasteiger partial charge in [0.05, 0.1) is 26.0 Å². The van der Waals surface area contributed by atoms with Crippen LogP contribution in [0, 0.1) is 5.82 Å². The van der Waals surface area contributed by atoms with Crippen molar-refractivity contribution < 1.29 is 13.9 Å². The lowest BCUT2D eigenvalue weighted by molar-refractivity contribution is 0.368. The van der Waals surface area contributed by atoms with Gasteiger partial charge in [-0.15, -0.1) is 0 Å². The third kappa shape index (κ3) is 3.14. The van der Waals surface area contributed by atoms with Crippen molar-refractivity contribution in [3.8, 4) is 11.8 Å². The van der Waals surface area contributed by atoms with Gasteiger partial charge in [-0.25, -0.2) is 4.39 Å². The molecule has 0 bridgehead atoms. The number of hydrogen-bond acceptors (Lipinski definition) is 5. The maximum Gasteiger partial charge on any atom is 0.220 e. The van der Waals surface area contributed by atoms with Gasteiger partial charge in [0, 0.05) is 6.42 Å². The monoisotopic (exact) mass is 277 g/mol. The number of para-hydroxylation sites is 1. The molecular formula is C14H16FN3O2. The van der Waals surface area contributed by atoms with E-state index in [1.165, 1.54) is 20.3 Å². The fourth-order valence-corrected chi connectivity index (χ4v) is 1.82. The average molecular weight is 277 g/mol. The molecule has 106 valence electrons. The Morgan fingerprint density at radius 2 is 1.75 bits per heavy atom. The average Bonchev–Trinajstić information content (AvgIpc) is 2.48. The highest BCUT2D eigenvalue weighted by molar-refractivity contribution is 5.48. The Hall–Kier alpha value is -2.37. The normalized spacial score (nSPS) is 10.3. The lowest BCUT2D eigenvalue weighted by Crippen LogP contribution is -2.04. The molecule has 0 atom stereocenters. The first-order valence-electron chi connectivity index (χ1n) is 6.13. The summed E-state index contributed by atoms with van der Waals surface area (Å²) < 4.78 is 23.5. The zero-order valence-electron chi connectivity index (χ0n) is 11.4. The molecule has 0 saturated heterocycles. The lowest BCUT2D eigenvalue weighted by atomic mass is 10.1. The molecule has 1 heterocycles. The second-order valence-electron chi connectivity index (χ2n) is 4.18. The molecular weight excluding hydrogens is 261 g/mol. The molecule has 2 rings (SSSR count). The zero-order valence-corrected chi connectivity index (χ0v) is 11.4. The fraction of sp³-hybridized carbons (Fsp3) is 0.286. The molecule has 5 nitrogen and oxygen atoms in total. The summed E-state index contributed by atoms with van der Waals surface area (Å²) in [7, 11) is 3.05. The number of benzene rings is 1. The van der Waals surface area contributed by atoms with Crippen LogP contribution in [0.25, 0.3) is 0 Å². The fourth-order valence-electron chi connectivity index (χ4n) is 1.82. The number of nitrogens with zero attached hydrogens (tertiary/aromatic N) is 2. The molecule has 2 aromatic rings. The van der Waals surface area contributed by atoms with Gasteiger partial charge in [-0.2, -0.15) is 9.97 Å². The molecule has 0 aliphatic rings. The van der Waals surface area contributed by atoms with Crippen LogP contribution in [-0.2, 0) is 12.8 Å². The van der Waals surface area contributed by atoms with Crippen molar-refractivity contribution in [3.63, 3.8) is 0 Å². The highest BCUT2D eigenvalue weighted by atomic mass is 19.1. The van der Waals surface area contributed by atoms with Crippen molar-refractivity contribution in [2.24, 2.45) is 0 Å². The molecule has 1 aromatic heterocycles. The summed E-state index contributed by atoms with van der Waals surface area (Å²) in [6, 6.07) is 6.35. The number of hydrogen-bond donors (Lipinski definition) is 1. The van der Waals surface area contributed by atoms with Crippen LogP contribution in [0.1, 0.15) is 11.4 Å². The maximum absolute atomic E-state index is 13.3. The van der Waals surface area contributed by atoms with Gasteiger partial charge < -0.3 is 15.2 Å². The van der Waals surface area contributed by atoms with E-state index in [0.29, 0.717) is 30.4 Å². The van der Waals surface area contributed by atoms with Crippen LogP contribution in [-0.4, -0.2) is 24.2 Å².